The van der Waals surface area contributed by atoms with E-state index in [0.717, 1.165) is 5.56 Å². The lowest BCUT2D eigenvalue weighted by molar-refractivity contribution is -0.123. The molecule has 2 rings (SSSR count). The predicted molar refractivity (Wildman–Crippen MR) is 102 cm³/mol. The van der Waals surface area contributed by atoms with E-state index in [0.29, 0.717) is 10.6 Å². The van der Waals surface area contributed by atoms with Crippen molar-refractivity contribution in [2.75, 3.05) is 0 Å². The molecule has 1 aromatic carbocycles. The number of rotatable bonds is 8. The molecule has 0 unspecified atom stereocenters. The van der Waals surface area contributed by atoms with Gasteiger partial charge < -0.3 is 5.32 Å². The number of sulfonamides is 1. The molecular formula is C18H22ClN3O3S. The minimum absolute atomic E-state index is 0.205. The average Bonchev–Trinajstić information content (AvgIpc) is 2.60. The van der Waals surface area contributed by atoms with Crippen LogP contribution in [-0.2, 0) is 27.1 Å². The number of carbonyl (C=O) groups excluding carboxylic acids is 1. The summed E-state index contributed by atoms with van der Waals surface area (Å²) in [5, 5.41) is 3.29. The van der Waals surface area contributed by atoms with Crippen LogP contribution in [0.15, 0.2) is 48.8 Å². The van der Waals surface area contributed by atoms with Gasteiger partial charge in [-0.1, -0.05) is 43.6 Å². The molecule has 0 aliphatic carbocycles. The van der Waals surface area contributed by atoms with E-state index in [9.17, 15) is 13.2 Å². The van der Waals surface area contributed by atoms with Crippen LogP contribution in [0.25, 0.3) is 0 Å². The van der Waals surface area contributed by atoms with Crippen molar-refractivity contribution >= 4 is 27.5 Å². The second-order valence-electron chi connectivity index (χ2n) is 6.30. The highest BCUT2D eigenvalue weighted by Crippen LogP contribution is 2.13. The summed E-state index contributed by atoms with van der Waals surface area (Å²) in [6, 6.07) is 9.31. The second-order valence-corrected chi connectivity index (χ2v) is 8.49. The maximum absolute atomic E-state index is 12.5. The normalized spacial score (nSPS) is 12.8. The first kappa shape index (κ1) is 20.4. The van der Waals surface area contributed by atoms with Gasteiger partial charge in [-0.25, -0.2) is 13.1 Å². The van der Waals surface area contributed by atoms with E-state index in [4.69, 9.17) is 11.6 Å². The van der Waals surface area contributed by atoms with Crippen molar-refractivity contribution in [3.8, 4) is 0 Å². The smallest absolute Gasteiger partial charge is 0.238 e. The fraction of sp³-hybridized carbons (Fsp3) is 0.333. The topological polar surface area (TPSA) is 88.2 Å². The van der Waals surface area contributed by atoms with E-state index in [1.165, 1.54) is 0 Å². The van der Waals surface area contributed by atoms with Crippen molar-refractivity contribution in [1.82, 2.24) is 15.0 Å². The van der Waals surface area contributed by atoms with Crippen molar-refractivity contribution in [3.05, 3.63) is 64.9 Å². The van der Waals surface area contributed by atoms with Crippen LogP contribution >= 0.6 is 11.6 Å². The number of nitrogens with one attached hydrogen (secondary N) is 2. The quantitative estimate of drug-likeness (QED) is 0.718. The van der Waals surface area contributed by atoms with Gasteiger partial charge in [-0.05, 0) is 35.2 Å². The van der Waals surface area contributed by atoms with Crippen LogP contribution in [0.3, 0.4) is 0 Å². The molecule has 2 aromatic rings. The van der Waals surface area contributed by atoms with Gasteiger partial charge in [0, 0.05) is 24.0 Å². The van der Waals surface area contributed by atoms with Gasteiger partial charge in [-0.15, -0.1) is 0 Å². The maximum atomic E-state index is 12.5. The third-order valence-electron chi connectivity index (χ3n) is 3.72. The van der Waals surface area contributed by atoms with Crippen molar-refractivity contribution < 1.29 is 13.2 Å². The lowest BCUT2D eigenvalue weighted by atomic mass is 10.0. The number of pyridine rings is 1. The lowest BCUT2D eigenvalue weighted by Crippen LogP contribution is -2.49. The van der Waals surface area contributed by atoms with Crippen LogP contribution in [0.4, 0.5) is 0 Å². The van der Waals surface area contributed by atoms with Gasteiger partial charge in [0.25, 0.3) is 0 Å². The van der Waals surface area contributed by atoms with Crippen molar-refractivity contribution in [2.24, 2.45) is 5.92 Å². The van der Waals surface area contributed by atoms with Crippen LogP contribution in [-0.4, -0.2) is 25.4 Å². The molecule has 6 nitrogen and oxygen atoms in total. The molecule has 26 heavy (non-hydrogen) atoms. The van der Waals surface area contributed by atoms with E-state index >= 15 is 0 Å². The summed E-state index contributed by atoms with van der Waals surface area (Å²) >= 11 is 5.81. The van der Waals surface area contributed by atoms with E-state index < -0.39 is 16.1 Å². The Bertz CT molecular complexity index is 825. The molecule has 0 spiro atoms. The molecule has 0 saturated heterocycles. The summed E-state index contributed by atoms with van der Waals surface area (Å²) in [5.74, 6) is -0.795. The summed E-state index contributed by atoms with van der Waals surface area (Å²) < 4.78 is 27.4. The fourth-order valence-electron chi connectivity index (χ4n) is 2.33. The number of hydrogen-bond acceptors (Lipinski definition) is 4. The zero-order chi connectivity index (χ0) is 19.2. The first-order valence-electron chi connectivity index (χ1n) is 8.18. The number of benzene rings is 1. The molecule has 0 aliphatic rings. The molecular weight excluding hydrogens is 374 g/mol. The zero-order valence-electron chi connectivity index (χ0n) is 14.6. The van der Waals surface area contributed by atoms with Gasteiger partial charge in [-0.3, -0.25) is 9.78 Å². The Morgan fingerprint density at radius 3 is 2.42 bits per heavy atom. The largest absolute Gasteiger partial charge is 0.351 e. The molecule has 1 amide bonds. The van der Waals surface area contributed by atoms with Gasteiger partial charge in [0.1, 0.15) is 6.04 Å². The van der Waals surface area contributed by atoms with Gasteiger partial charge in [0.05, 0.1) is 5.75 Å². The highest BCUT2D eigenvalue weighted by atomic mass is 35.5. The highest BCUT2D eigenvalue weighted by molar-refractivity contribution is 7.88. The molecule has 0 saturated carbocycles. The highest BCUT2D eigenvalue weighted by Gasteiger charge is 2.27. The summed E-state index contributed by atoms with van der Waals surface area (Å²) in [6.45, 7) is 3.87. The molecule has 1 heterocycles. The summed E-state index contributed by atoms with van der Waals surface area (Å²) in [6.07, 6.45) is 3.29. The third kappa shape index (κ3) is 6.40. The molecule has 0 bridgehead atoms. The van der Waals surface area contributed by atoms with E-state index in [2.05, 4.69) is 15.0 Å². The first-order valence-corrected chi connectivity index (χ1v) is 10.2. The monoisotopic (exact) mass is 395 g/mol. The minimum Gasteiger partial charge on any atom is -0.351 e. The van der Waals surface area contributed by atoms with Crippen LogP contribution in [0, 0.1) is 5.92 Å². The van der Waals surface area contributed by atoms with Crippen molar-refractivity contribution in [3.63, 3.8) is 0 Å². The van der Waals surface area contributed by atoms with Gasteiger partial charge in [-0.2, -0.15) is 0 Å². The van der Waals surface area contributed by atoms with Gasteiger partial charge >= 0.3 is 0 Å². The molecule has 140 valence electrons. The Morgan fingerprint density at radius 1 is 1.15 bits per heavy atom. The van der Waals surface area contributed by atoms with Crippen molar-refractivity contribution in [2.45, 2.75) is 32.2 Å². The third-order valence-corrected chi connectivity index (χ3v) is 5.29. The molecule has 1 aromatic heterocycles. The number of carbonyl (C=O) groups is 1. The standard InChI is InChI=1S/C18H22ClN3O3S/c1-13(2)17(18(23)21-11-15-4-3-9-20-10-15)22-26(24,25)12-14-5-7-16(19)8-6-14/h3-10,13,17,22H,11-12H2,1-2H3,(H,21,23)/t17-/m0/s1. The predicted octanol–water partition coefficient (Wildman–Crippen LogP) is 2.50. The Hall–Kier alpha value is -1.96. The Kier molecular flexibility index (Phi) is 7.14. The van der Waals surface area contributed by atoms with Crippen LogP contribution in [0.5, 0.6) is 0 Å². The van der Waals surface area contributed by atoms with Crippen LogP contribution < -0.4 is 10.0 Å². The van der Waals surface area contributed by atoms with Crippen LogP contribution in [0.1, 0.15) is 25.0 Å². The lowest BCUT2D eigenvalue weighted by Gasteiger charge is -2.21. The van der Waals surface area contributed by atoms with E-state index in [1.54, 1.807) is 56.6 Å². The molecule has 1 atom stereocenters. The Morgan fingerprint density at radius 2 is 1.85 bits per heavy atom. The molecule has 2 N–H and O–H groups in total. The fourth-order valence-corrected chi connectivity index (χ4v) is 3.94. The number of hydrogen-bond donors (Lipinski definition) is 2. The van der Waals surface area contributed by atoms with Crippen LogP contribution in [0.2, 0.25) is 5.02 Å². The summed E-state index contributed by atoms with van der Waals surface area (Å²) in [7, 11) is -3.69. The molecule has 8 heteroatoms. The minimum atomic E-state index is -3.69. The summed E-state index contributed by atoms with van der Waals surface area (Å²) in [5.41, 5.74) is 1.44. The van der Waals surface area contributed by atoms with E-state index in [1.807, 2.05) is 6.07 Å². The molecule has 0 fully saturated rings. The van der Waals surface area contributed by atoms with Crippen molar-refractivity contribution in [1.29, 1.82) is 0 Å². The number of halogens is 1. The SMILES string of the molecule is CC(C)[C@H](NS(=O)(=O)Cc1ccc(Cl)cc1)C(=O)NCc1cccnc1. The molecule has 0 radical (unpaired) electrons. The average molecular weight is 396 g/mol. The second kappa shape index (κ2) is 9.12. The van der Waals surface area contributed by atoms with Gasteiger partial charge in [0.15, 0.2) is 0 Å². The summed E-state index contributed by atoms with van der Waals surface area (Å²) in [4.78, 5) is 16.4. The van der Waals surface area contributed by atoms with Gasteiger partial charge in [0.2, 0.25) is 15.9 Å². The number of aromatic nitrogens is 1. The molecule has 0 aliphatic heterocycles. The Balaban J connectivity index is 2.01. The number of nitrogens with zero attached hydrogens (tertiary/aromatic N) is 1. The van der Waals surface area contributed by atoms with E-state index in [-0.39, 0.29) is 24.1 Å². The Labute approximate surface area is 159 Å². The number of amides is 1. The maximum Gasteiger partial charge on any atom is 0.238 e. The zero-order valence-corrected chi connectivity index (χ0v) is 16.2. The first-order chi connectivity index (χ1) is 12.3.